The second-order valence-corrected chi connectivity index (χ2v) is 7.56. The molecule has 132 valence electrons. The Morgan fingerprint density at radius 3 is 2.80 bits per heavy atom. The van der Waals surface area contributed by atoms with E-state index in [-0.39, 0.29) is 35.1 Å². The summed E-state index contributed by atoms with van der Waals surface area (Å²) < 4.78 is 5.60. The summed E-state index contributed by atoms with van der Waals surface area (Å²) >= 11 is 1.57. The molecule has 3 aliphatic heterocycles. The molecule has 7 nitrogen and oxygen atoms in total. The molecule has 3 unspecified atom stereocenters. The van der Waals surface area contributed by atoms with Gasteiger partial charge in [0.25, 0.3) is 0 Å². The molecule has 2 saturated heterocycles. The first-order valence-corrected chi connectivity index (χ1v) is 9.07. The monoisotopic (exact) mass is 362 g/mol. The van der Waals surface area contributed by atoms with Gasteiger partial charge in [-0.3, -0.25) is 15.0 Å². The summed E-state index contributed by atoms with van der Waals surface area (Å²) in [5.74, 6) is -0.436. The fourth-order valence-corrected chi connectivity index (χ4v) is 4.59. The molecular formula is C17H18N2O5S. The third-order valence-electron chi connectivity index (χ3n) is 4.66. The number of aromatic hydroxyl groups is 1. The van der Waals surface area contributed by atoms with Gasteiger partial charge in [-0.1, -0.05) is 12.1 Å². The summed E-state index contributed by atoms with van der Waals surface area (Å²) in [6.45, 7) is 1.75. The minimum atomic E-state index is -1.05. The molecule has 4 atom stereocenters. The number of benzene rings is 1. The number of thioether (sulfide) groups is 1. The van der Waals surface area contributed by atoms with Crippen LogP contribution in [0.2, 0.25) is 0 Å². The van der Waals surface area contributed by atoms with E-state index < -0.39 is 12.0 Å². The van der Waals surface area contributed by atoms with Crippen molar-refractivity contribution < 1.29 is 24.5 Å². The summed E-state index contributed by atoms with van der Waals surface area (Å²) in [6.07, 6.45) is 0.474. The van der Waals surface area contributed by atoms with Gasteiger partial charge in [0, 0.05) is 12.2 Å². The molecule has 0 aromatic heterocycles. The van der Waals surface area contributed by atoms with Crippen LogP contribution in [0.25, 0.3) is 0 Å². The Bertz CT molecular complexity index is 763. The normalized spacial score (nSPS) is 30.8. The lowest BCUT2D eigenvalue weighted by Gasteiger charge is -2.49. The Morgan fingerprint density at radius 2 is 2.12 bits per heavy atom. The van der Waals surface area contributed by atoms with Crippen molar-refractivity contribution in [3.63, 3.8) is 0 Å². The number of ether oxygens (including phenoxy) is 1. The molecule has 0 aliphatic carbocycles. The van der Waals surface area contributed by atoms with Crippen LogP contribution in [0.5, 0.6) is 5.75 Å². The molecule has 3 N–H and O–H groups in total. The molecule has 3 aliphatic rings. The minimum Gasteiger partial charge on any atom is -0.508 e. The zero-order chi connectivity index (χ0) is 17.7. The van der Waals surface area contributed by atoms with E-state index in [0.29, 0.717) is 17.7 Å². The first-order valence-electron chi connectivity index (χ1n) is 8.03. The van der Waals surface area contributed by atoms with E-state index >= 15 is 0 Å². The maximum atomic E-state index is 12.4. The van der Waals surface area contributed by atoms with Crippen molar-refractivity contribution in [2.24, 2.45) is 0 Å². The molecule has 0 saturated carbocycles. The fourth-order valence-electron chi connectivity index (χ4n) is 3.28. The number of nitrogens with one attached hydrogen (secondary N) is 1. The average molecular weight is 362 g/mol. The van der Waals surface area contributed by atoms with Crippen molar-refractivity contribution in [2.75, 3.05) is 5.75 Å². The molecule has 2 fully saturated rings. The number of aliphatic carboxylic acids is 1. The lowest BCUT2D eigenvalue weighted by atomic mass is 10.0. The molecule has 25 heavy (non-hydrogen) atoms. The number of fused-ring (bicyclic) bond motifs is 1. The largest absolute Gasteiger partial charge is 0.508 e. The zero-order valence-electron chi connectivity index (χ0n) is 13.5. The third-order valence-corrected chi connectivity index (χ3v) is 6.09. The van der Waals surface area contributed by atoms with E-state index in [2.05, 4.69) is 5.32 Å². The quantitative estimate of drug-likeness (QED) is 0.528. The number of phenolic OH excluding ortho intramolecular Hbond substituents is 1. The molecule has 0 spiro atoms. The number of β-lactam (4-membered cyclic amide) rings is 1. The molecule has 3 heterocycles. The smallest absolute Gasteiger partial charge is 0.352 e. The summed E-state index contributed by atoms with van der Waals surface area (Å²) in [6, 6.07) is 6.53. The highest BCUT2D eigenvalue weighted by atomic mass is 32.2. The van der Waals surface area contributed by atoms with Crippen molar-refractivity contribution >= 4 is 23.6 Å². The second-order valence-electron chi connectivity index (χ2n) is 6.45. The fraction of sp³-hybridized carbons (Fsp3) is 0.412. The molecule has 8 heteroatoms. The van der Waals surface area contributed by atoms with E-state index in [1.807, 2.05) is 12.1 Å². The van der Waals surface area contributed by atoms with E-state index in [4.69, 9.17) is 4.74 Å². The zero-order valence-corrected chi connectivity index (χ0v) is 14.3. The van der Waals surface area contributed by atoms with Crippen molar-refractivity contribution in [3.8, 4) is 5.75 Å². The lowest BCUT2D eigenvalue weighted by Crippen LogP contribution is -2.70. The van der Waals surface area contributed by atoms with Crippen molar-refractivity contribution in [1.82, 2.24) is 10.2 Å². The van der Waals surface area contributed by atoms with Crippen LogP contribution in [0.15, 0.2) is 35.5 Å². The number of carboxylic acid groups (broad SMARTS) is 1. The maximum absolute atomic E-state index is 12.4. The summed E-state index contributed by atoms with van der Waals surface area (Å²) in [7, 11) is 0. The number of epoxide rings is 1. The van der Waals surface area contributed by atoms with Gasteiger partial charge in [0.1, 0.15) is 35.2 Å². The van der Waals surface area contributed by atoms with Crippen molar-refractivity contribution in [2.45, 2.75) is 37.1 Å². The van der Waals surface area contributed by atoms with Gasteiger partial charge in [-0.05, 0) is 30.2 Å². The second kappa shape index (κ2) is 6.05. The lowest BCUT2D eigenvalue weighted by molar-refractivity contribution is -0.149. The molecular weight excluding hydrogens is 344 g/mol. The number of carbonyl (C=O) groups is 2. The number of hydrogen-bond donors (Lipinski definition) is 3. The van der Waals surface area contributed by atoms with Crippen LogP contribution >= 0.6 is 11.8 Å². The summed E-state index contributed by atoms with van der Waals surface area (Å²) in [5, 5.41) is 21.6. The number of carboxylic acids is 1. The van der Waals surface area contributed by atoms with Crippen molar-refractivity contribution in [3.05, 3.63) is 41.1 Å². The average Bonchev–Trinajstić information content (AvgIpc) is 3.32. The highest BCUT2D eigenvalue weighted by Gasteiger charge is 2.55. The molecule has 1 aromatic rings. The van der Waals surface area contributed by atoms with E-state index in [1.54, 1.807) is 30.8 Å². The number of rotatable bonds is 5. The van der Waals surface area contributed by atoms with Crippen molar-refractivity contribution in [1.29, 1.82) is 0 Å². The van der Waals surface area contributed by atoms with E-state index in [1.165, 1.54) is 4.90 Å². The van der Waals surface area contributed by atoms with Gasteiger partial charge in [-0.2, -0.15) is 0 Å². The van der Waals surface area contributed by atoms with Gasteiger partial charge in [-0.15, -0.1) is 11.8 Å². The van der Waals surface area contributed by atoms with Crippen LogP contribution in [0.1, 0.15) is 12.5 Å². The standard InChI is InChI=1S/C17H18N2O5S/c1-8-7-25-16-12(15(21)19(16)13(8)17(22)23)18-14-11(24-14)6-9-2-4-10(20)5-3-9/h2-5,11-12,14,16,18,20H,6-7H2,1H3,(H,22,23)/t11-,12?,14?,16?/m0/s1. The molecule has 0 bridgehead atoms. The first-order chi connectivity index (χ1) is 12.0. The predicted molar refractivity (Wildman–Crippen MR) is 90.8 cm³/mol. The van der Waals surface area contributed by atoms with Crippen LogP contribution in [-0.4, -0.2) is 56.5 Å². The number of amides is 1. The highest BCUT2D eigenvalue weighted by Crippen LogP contribution is 2.41. The topological polar surface area (TPSA) is 102 Å². The minimum absolute atomic E-state index is 0.0174. The van der Waals surface area contributed by atoms with Crippen LogP contribution in [0, 0.1) is 0 Å². The number of hydrogen-bond acceptors (Lipinski definition) is 6. The molecule has 1 amide bonds. The van der Waals surface area contributed by atoms with Gasteiger partial charge < -0.3 is 14.9 Å². The Hall–Kier alpha value is -2.03. The Balaban J connectivity index is 1.36. The first kappa shape index (κ1) is 16.4. The van der Waals surface area contributed by atoms with Gasteiger partial charge in [0.2, 0.25) is 5.91 Å². The van der Waals surface area contributed by atoms with E-state index in [9.17, 15) is 19.8 Å². The summed E-state index contributed by atoms with van der Waals surface area (Å²) in [4.78, 5) is 25.2. The maximum Gasteiger partial charge on any atom is 0.352 e. The number of phenols is 1. The van der Waals surface area contributed by atoms with E-state index in [0.717, 1.165) is 5.56 Å². The molecule has 4 rings (SSSR count). The van der Waals surface area contributed by atoms with Gasteiger partial charge in [-0.25, -0.2) is 4.79 Å². The number of carbonyl (C=O) groups excluding carboxylic acids is 1. The van der Waals surface area contributed by atoms with Crippen LogP contribution in [0.4, 0.5) is 0 Å². The highest BCUT2D eigenvalue weighted by molar-refractivity contribution is 8.00. The Labute approximate surface area is 148 Å². The molecule has 0 radical (unpaired) electrons. The predicted octanol–water partition coefficient (Wildman–Crippen LogP) is 0.892. The summed E-state index contributed by atoms with van der Waals surface area (Å²) in [5.41, 5.74) is 1.88. The Morgan fingerprint density at radius 1 is 1.40 bits per heavy atom. The SMILES string of the molecule is CC1=C(C(=O)O)N2C(=O)C(NC3O[C@H]3Cc3ccc(O)cc3)C2SC1. The number of nitrogens with zero attached hydrogens (tertiary/aromatic N) is 1. The van der Waals surface area contributed by atoms with Gasteiger partial charge >= 0.3 is 5.97 Å². The van der Waals surface area contributed by atoms with Crippen LogP contribution < -0.4 is 5.32 Å². The van der Waals surface area contributed by atoms with Crippen LogP contribution in [-0.2, 0) is 20.7 Å². The van der Waals surface area contributed by atoms with Crippen LogP contribution in [0.3, 0.4) is 0 Å². The van der Waals surface area contributed by atoms with Gasteiger partial charge in [0.05, 0.1) is 0 Å². The molecule has 1 aromatic carbocycles. The third kappa shape index (κ3) is 2.90. The van der Waals surface area contributed by atoms with Gasteiger partial charge in [0.15, 0.2) is 0 Å². The Kier molecular flexibility index (Phi) is 3.98.